The maximum atomic E-state index is 8.50. The zero-order valence-electron chi connectivity index (χ0n) is 1.32. The van der Waals surface area contributed by atoms with Gasteiger partial charge in [-0.1, -0.05) is 0 Å². The molecule has 0 aromatic heterocycles. The molecule has 4 heavy (non-hydrogen) atoms. The molecule has 0 aromatic rings. The normalized spacial score (nSPS) is 2.00. The van der Waals surface area contributed by atoms with Gasteiger partial charge < -0.3 is 0 Å². The van der Waals surface area contributed by atoms with Crippen molar-refractivity contribution in [2.24, 2.45) is 0 Å². The first-order chi connectivity index (χ1) is 1.41. The van der Waals surface area contributed by atoms with Gasteiger partial charge in [-0.05, 0) is 0 Å². The van der Waals surface area contributed by atoms with E-state index in [1.165, 1.54) is 0 Å². The summed E-state index contributed by atoms with van der Waals surface area (Å²) < 4.78 is 17.0. The fourth-order valence-electron chi connectivity index (χ4n) is 0. The molecule has 0 fully saturated rings. The van der Waals surface area contributed by atoms with Crippen LogP contribution in [0.3, 0.4) is 0 Å². The van der Waals surface area contributed by atoms with Crippen LogP contribution in [0.2, 0.25) is 0 Å². The molecule has 0 bridgehead atoms. The van der Waals surface area contributed by atoms with Crippen molar-refractivity contribution in [1.82, 2.24) is 0 Å². The van der Waals surface area contributed by atoms with E-state index in [-0.39, 0.29) is 18.9 Å². The predicted octanol–water partition coefficient (Wildman–Crippen LogP) is -0.889. The Morgan fingerprint density at radius 2 is 1.25 bits per heavy atom. The molecule has 0 heterocycles. The Kier molecular flexibility index (Phi) is 20.1. The van der Waals surface area contributed by atoms with Gasteiger partial charge in [0.25, 0.3) is 0 Å². The molecule has 0 amide bonds. The average Bonchev–Trinajstić information content (AvgIpc) is 0.918. The van der Waals surface area contributed by atoms with Crippen LogP contribution in [0.1, 0.15) is 0 Å². The quantitative estimate of drug-likeness (QED) is 0.360. The van der Waals surface area contributed by atoms with E-state index in [9.17, 15) is 0 Å². The van der Waals surface area contributed by atoms with Crippen LogP contribution < -0.4 is 0 Å². The summed E-state index contributed by atoms with van der Waals surface area (Å²) in [6.45, 7) is 0. The summed E-state index contributed by atoms with van der Waals surface area (Å²) in [5.74, 6) is 0. The molecule has 0 aromatic carbocycles. The monoisotopic (exact) mass is 88.0 g/mol. The molecule has 0 N–H and O–H groups in total. The summed E-state index contributed by atoms with van der Waals surface area (Å²) >= 11 is -2.00. The Morgan fingerprint density at radius 3 is 1.25 bits per heavy atom. The minimum atomic E-state index is -2.00. The van der Waals surface area contributed by atoms with Gasteiger partial charge >= 0.3 is 44.6 Å². The van der Waals surface area contributed by atoms with Crippen molar-refractivity contribution >= 4 is 18.9 Å². The minimum absolute atomic E-state index is 0. The molecule has 0 aliphatic carbocycles. The van der Waals surface area contributed by atoms with Crippen LogP contribution in [0, 0.1) is 0 Å². The second-order valence-corrected chi connectivity index (χ2v) is 0.344. The van der Waals surface area contributed by atoms with Gasteiger partial charge in [0.2, 0.25) is 0 Å². The van der Waals surface area contributed by atoms with E-state index in [0.717, 1.165) is 0 Å². The van der Waals surface area contributed by atoms with Crippen molar-refractivity contribution in [2.45, 2.75) is 0 Å². The molecule has 18 valence electrons. The van der Waals surface area contributed by atoms with E-state index in [1.807, 2.05) is 0 Å². The predicted molar refractivity (Wildman–Crippen MR) is 8.52 cm³/mol. The molecule has 0 unspecified atom stereocenters. The van der Waals surface area contributed by atoms with Crippen molar-refractivity contribution in [3.05, 3.63) is 0 Å². The van der Waals surface area contributed by atoms with Crippen molar-refractivity contribution in [3.8, 4) is 0 Å². The Balaban J connectivity index is 0. The standard InChI is InChI=1S/Li.2O.Ti.H. The molecule has 4 heteroatoms. The van der Waals surface area contributed by atoms with Gasteiger partial charge in [-0.25, -0.2) is 0 Å². The third-order valence-electron chi connectivity index (χ3n) is 0. The second-order valence-electron chi connectivity index (χ2n) is 0.0833. The zero-order chi connectivity index (χ0) is 2.71. The number of hydrogen-bond donors (Lipinski definition) is 0. The maximum absolute atomic E-state index is 8.50. The number of hydrogen-bond acceptors (Lipinski definition) is 2. The van der Waals surface area contributed by atoms with Crippen molar-refractivity contribution in [2.75, 3.05) is 0 Å². The molecule has 0 aliphatic rings. The van der Waals surface area contributed by atoms with Gasteiger partial charge in [0.1, 0.15) is 0 Å². The second kappa shape index (κ2) is 9.07. The third kappa shape index (κ3) is 12.8. The van der Waals surface area contributed by atoms with Gasteiger partial charge in [0.15, 0.2) is 0 Å². The van der Waals surface area contributed by atoms with Crippen LogP contribution >= 0.6 is 0 Å². The van der Waals surface area contributed by atoms with Gasteiger partial charge in [0, 0.05) is 0 Å². The summed E-state index contributed by atoms with van der Waals surface area (Å²) in [5.41, 5.74) is 0. The van der Waals surface area contributed by atoms with E-state index < -0.39 is 19.1 Å². The zero-order valence-corrected chi connectivity index (χ0v) is 2.88. The summed E-state index contributed by atoms with van der Waals surface area (Å²) in [7, 11) is 0. The molecule has 0 saturated heterocycles. The molecule has 0 aliphatic heterocycles. The molecule has 0 rings (SSSR count). The first-order valence-corrected chi connectivity index (χ1v) is 1.68. The van der Waals surface area contributed by atoms with Crippen molar-refractivity contribution < 1.29 is 25.7 Å². The van der Waals surface area contributed by atoms with E-state index in [4.69, 9.17) is 6.65 Å². The van der Waals surface area contributed by atoms with Gasteiger partial charge in [0.05, 0.1) is 0 Å². The van der Waals surface area contributed by atoms with E-state index in [0.29, 0.717) is 0 Å². The van der Waals surface area contributed by atoms with Crippen LogP contribution in [-0.2, 0) is 25.7 Å². The summed E-state index contributed by atoms with van der Waals surface area (Å²) in [4.78, 5) is 0. The Hall–Kier alpha value is 0.912. The fourth-order valence-corrected chi connectivity index (χ4v) is 0. The molecular weight excluding hydrogens is 86.8 g/mol. The first kappa shape index (κ1) is 8.86. The van der Waals surface area contributed by atoms with E-state index in [1.54, 1.807) is 0 Å². The van der Waals surface area contributed by atoms with Crippen molar-refractivity contribution in [3.63, 3.8) is 0 Å². The van der Waals surface area contributed by atoms with Gasteiger partial charge in [-0.2, -0.15) is 0 Å². The van der Waals surface area contributed by atoms with Crippen LogP contribution in [0.25, 0.3) is 0 Å². The van der Waals surface area contributed by atoms with Gasteiger partial charge in [-0.3, -0.25) is 0 Å². The first-order valence-electron chi connectivity index (χ1n) is 0.408. The summed E-state index contributed by atoms with van der Waals surface area (Å²) in [6.07, 6.45) is 0. The van der Waals surface area contributed by atoms with E-state index in [2.05, 4.69) is 0 Å². The molecule has 0 spiro atoms. The molecule has 0 radical (unpaired) electrons. The molecule has 0 atom stereocenters. The van der Waals surface area contributed by atoms with E-state index >= 15 is 0 Å². The summed E-state index contributed by atoms with van der Waals surface area (Å²) in [6, 6.07) is 0. The molecular formula is HLiO2Ti. The Morgan fingerprint density at radius 1 is 1.25 bits per heavy atom. The average molecular weight is 87.8 g/mol. The van der Waals surface area contributed by atoms with Crippen LogP contribution in [-0.4, -0.2) is 18.9 Å². The third-order valence-corrected chi connectivity index (χ3v) is 0. The Labute approximate surface area is 44.7 Å². The van der Waals surface area contributed by atoms with Crippen LogP contribution in [0.5, 0.6) is 0 Å². The van der Waals surface area contributed by atoms with Crippen LogP contribution in [0.4, 0.5) is 0 Å². The number of rotatable bonds is 0. The van der Waals surface area contributed by atoms with Crippen LogP contribution in [0.15, 0.2) is 0 Å². The topological polar surface area (TPSA) is 34.1 Å². The molecule has 2 nitrogen and oxygen atoms in total. The summed E-state index contributed by atoms with van der Waals surface area (Å²) in [5, 5.41) is 0. The SMILES string of the molecule is [LiH].[O]=[Ti]=[O]. The molecule has 0 saturated carbocycles. The Bertz CT molecular complexity index is 27.0. The van der Waals surface area contributed by atoms with Gasteiger partial charge in [-0.15, -0.1) is 0 Å². The van der Waals surface area contributed by atoms with Crippen molar-refractivity contribution in [1.29, 1.82) is 0 Å². The fraction of sp³-hybridized carbons (Fsp3) is 0.